The van der Waals surface area contributed by atoms with Gasteiger partial charge < -0.3 is 5.11 Å². The summed E-state index contributed by atoms with van der Waals surface area (Å²) in [5.74, 6) is 1.57. The number of nitrogens with zero attached hydrogens (tertiary/aromatic N) is 1. The Balaban J connectivity index is 1.69. The Labute approximate surface area is 108 Å². The highest BCUT2D eigenvalue weighted by molar-refractivity contribution is 7.99. The van der Waals surface area contributed by atoms with Crippen molar-refractivity contribution in [2.75, 3.05) is 25.4 Å². The second-order valence-corrected chi connectivity index (χ2v) is 5.96. The van der Waals surface area contributed by atoms with Gasteiger partial charge in [0.2, 0.25) is 0 Å². The fourth-order valence-corrected chi connectivity index (χ4v) is 3.06. The number of aliphatic hydroxyl groups is 1. The third-order valence-electron chi connectivity index (χ3n) is 3.42. The van der Waals surface area contributed by atoms with E-state index >= 15 is 0 Å². The fourth-order valence-electron chi connectivity index (χ4n) is 2.13. The lowest BCUT2D eigenvalue weighted by molar-refractivity contribution is 0.0321. The average molecular weight is 251 g/mol. The van der Waals surface area contributed by atoms with Crippen LogP contribution in [0.1, 0.15) is 13.3 Å². The zero-order valence-corrected chi connectivity index (χ0v) is 11.2. The van der Waals surface area contributed by atoms with E-state index in [1.165, 1.54) is 4.90 Å². The lowest BCUT2D eigenvalue weighted by atomic mass is 9.96. The number of benzene rings is 1. The van der Waals surface area contributed by atoms with Gasteiger partial charge in [-0.15, -0.1) is 11.8 Å². The van der Waals surface area contributed by atoms with E-state index in [2.05, 4.69) is 36.1 Å². The molecular weight excluding hydrogens is 230 g/mol. The molecule has 1 aromatic carbocycles. The van der Waals surface area contributed by atoms with E-state index in [-0.39, 0.29) is 6.10 Å². The summed E-state index contributed by atoms with van der Waals surface area (Å²) < 4.78 is 0. The van der Waals surface area contributed by atoms with Crippen LogP contribution in [0.5, 0.6) is 0 Å². The zero-order chi connectivity index (χ0) is 12.1. The van der Waals surface area contributed by atoms with Crippen LogP contribution in [-0.4, -0.2) is 41.5 Å². The monoisotopic (exact) mass is 251 g/mol. The van der Waals surface area contributed by atoms with E-state index in [0.717, 1.165) is 31.8 Å². The van der Waals surface area contributed by atoms with Crippen molar-refractivity contribution in [2.24, 2.45) is 5.92 Å². The van der Waals surface area contributed by atoms with Crippen LogP contribution >= 0.6 is 11.8 Å². The Morgan fingerprint density at radius 2 is 2.12 bits per heavy atom. The summed E-state index contributed by atoms with van der Waals surface area (Å²) in [6, 6.07) is 10.5. The number of thioether (sulfide) groups is 1. The number of hydrogen-bond acceptors (Lipinski definition) is 3. The van der Waals surface area contributed by atoms with Gasteiger partial charge in [0.05, 0.1) is 6.10 Å². The molecule has 2 rings (SSSR count). The number of aliphatic hydroxyl groups excluding tert-OH is 1. The van der Waals surface area contributed by atoms with Crippen molar-refractivity contribution < 1.29 is 5.11 Å². The number of rotatable bonds is 4. The van der Waals surface area contributed by atoms with Gasteiger partial charge in [0.25, 0.3) is 0 Å². The second kappa shape index (κ2) is 6.43. The van der Waals surface area contributed by atoms with Crippen LogP contribution in [0.15, 0.2) is 35.2 Å². The van der Waals surface area contributed by atoms with Gasteiger partial charge in [0, 0.05) is 23.7 Å². The van der Waals surface area contributed by atoms with Crippen molar-refractivity contribution in [2.45, 2.75) is 24.3 Å². The van der Waals surface area contributed by atoms with Crippen molar-refractivity contribution in [3.63, 3.8) is 0 Å². The molecule has 2 nitrogen and oxygen atoms in total. The van der Waals surface area contributed by atoms with Crippen LogP contribution in [0, 0.1) is 5.92 Å². The maximum Gasteiger partial charge on any atom is 0.0693 e. The van der Waals surface area contributed by atoms with Crippen LogP contribution in [0.2, 0.25) is 0 Å². The summed E-state index contributed by atoms with van der Waals surface area (Å²) in [4.78, 5) is 3.71. The highest BCUT2D eigenvalue weighted by atomic mass is 32.2. The van der Waals surface area contributed by atoms with Gasteiger partial charge in [-0.1, -0.05) is 25.1 Å². The quantitative estimate of drug-likeness (QED) is 0.832. The summed E-state index contributed by atoms with van der Waals surface area (Å²) in [5, 5.41) is 9.82. The van der Waals surface area contributed by atoms with E-state index in [1.807, 2.05) is 17.8 Å². The third kappa shape index (κ3) is 4.02. The Morgan fingerprint density at radius 1 is 1.35 bits per heavy atom. The van der Waals surface area contributed by atoms with Crippen molar-refractivity contribution in [3.05, 3.63) is 30.3 Å². The zero-order valence-electron chi connectivity index (χ0n) is 10.4. The Bertz CT molecular complexity index is 330. The van der Waals surface area contributed by atoms with Crippen LogP contribution in [0.25, 0.3) is 0 Å². The first-order valence-electron chi connectivity index (χ1n) is 6.34. The van der Waals surface area contributed by atoms with E-state index in [4.69, 9.17) is 0 Å². The first kappa shape index (κ1) is 12.9. The molecule has 1 fully saturated rings. The molecular formula is C14H21NOS. The SMILES string of the molecule is CC1CCN(CCSc2ccccc2)CC1O. The van der Waals surface area contributed by atoms with Crippen LogP contribution in [0.4, 0.5) is 0 Å². The number of piperidine rings is 1. The molecule has 1 aromatic rings. The molecule has 1 aliphatic rings. The highest BCUT2D eigenvalue weighted by Crippen LogP contribution is 2.20. The lowest BCUT2D eigenvalue weighted by Crippen LogP contribution is -2.43. The molecule has 17 heavy (non-hydrogen) atoms. The van der Waals surface area contributed by atoms with Crippen molar-refractivity contribution in [1.82, 2.24) is 4.90 Å². The van der Waals surface area contributed by atoms with Crippen LogP contribution in [-0.2, 0) is 0 Å². The van der Waals surface area contributed by atoms with Gasteiger partial charge in [-0.2, -0.15) is 0 Å². The van der Waals surface area contributed by atoms with Gasteiger partial charge in [-0.05, 0) is 31.0 Å². The maximum absolute atomic E-state index is 9.82. The number of hydrogen-bond donors (Lipinski definition) is 1. The third-order valence-corrected chi connectivity index (χ3v) is 4.41. The molecule has 0 spiro atoms. The first-order chi connectivity index (χ1) is 8.25. The summed E-state index contributed by atoms with van der Waals surface area (Å²) in [6.07, 6.45) is 0.988. The maximum atomic E-state index is 9.82. The van der Waals surface area contributed by atoms with E-state index in [1.54, 1.807) is 0 Å². The lowest BCUT2D eigenvalue weighted by Gasteiger charge is -2.34. The molecule has 3 heteroatoms. The summed E-state index contributed by atoms with van der Waals surface area (Å²) in [6.45, 7) is 5.19. The summed E-state index contributed by atoms with van der Waals surface area (Å²) in [5.41, 5.74) is 0. The molecule has 2 unspecified atom stereocenters. The molecule has 94 valence electrons. The Morgan fingerprint density at radius 3 is 2.82 bits per heavy atom. The summed E-state index contributed by atoms with van der Waals surface area (Å²) in [7, 11) is 0. The minimum atomic E-state index is -0.134. The molecule has 0 radical (unpaired) electrons. The van der Waals surface area contributed by atoms with Gasteiger partial charge in [-0.25, -0.2) is 0 Å². The molecule has 1 heterocycles. The normalized spacial score (nSPS) is 26.0. The molecule has 2 atom stereocenters. The van der Waals surface area contributed by atoms with E-state index < -0.39 is 0 Å². The Hall–Kier alpha value is -0.510. The largest absolute Gasteiger partial charge is 0.392 e. The molecule has 1 N–H and O–H groups in total. The van der Waals surface area contributed by atoms with Crippen LogP contribution < -0.4 is 0 Å². The number of likely N-dealkylation sites (tertiary alicyclic amines) is 1. The summed E-state index contributed by atoms with van der Waals surface area (Å²) >= 11 is 1.89. The highest BCUT2D eigenvalue weighted by Gasteiger charge is 2.23. The van der Waals surface area contributed by atoms with Gasteiger partial charge >= 0.3 is 0 Å². The van der Waals surface area contributed by atoms with Gasteiger partial charge in [0.15, 0.2) is 0 Å². The molecule has 0 aromatic heterocycles. The van der Waals surface area contributed by atoms with Crippen molar-refractivity contribution in [1.29, 1.82) is 0 Å². The van der Waals surface area contributed by atoms with E-state index in [9.17, 15) is 5.11 Å². The first-order valence-corrected chi connectivity index (χ1v) is 7.32. The predicted molar refractivity (Wildman–Crippen MR) is 73.4 cm³/mol. The molecule has 0 bridgehead atoms. The van der Waals surface area contributed by atoms with Crippen molar-refractivity contribution in [3.8, 4) is 0 Å². The molecule has 1 saturated heterocycles. The number of β-amino-alcohol motifs (C(OH)–C–C–N with tert-alkyl or cyclic N) is 1. The average Bonchev–Trinajstić information content (AvgIpc) is 2.35. The van der Waals surface area contributed by atoms with Crippen molar-refractivity contribution >= 4 is 11.8 Å². The smallest absolute Gasteiger partial charge is 0.0693 e. The Kier molecular flexibility index (Phi) is 4.89. The standard InChI is InChI=1S/C14H21NOS/c1-12-7-8-15(11-14(12)16)9-10-17-13-5-3-2-4-6-13/h2-6,12,14,16H,7-11H2,1H3. The minimum absolute atomic E-state index is 0.134. The topological polar surface area (TPSA) is 23.5 Å². The van der Waals surface area contributed by atoms with E-state index in [0.29, 0.717) is 5.92 Å². The molecule has 0 amide bonds. The minimum Gasteiger partial charge on any atom is -0.392 e. The second-order valence-electron chi connectivity index (χ2n) is 4.80. The predicted octanol–water partition coefficient (Wildman–Crippen LogP) is 2.48. The molecule has 0 saturated carbocycles. The van der Waals surface area contributed by atoms with Crippen LogP contribution in [0.3, 0.4) is 0 Å². The van der Waals surface area contributed by atoms with Gasteiger partial charge in [0.1, 0.15) is 0 Å². The molecule has 1 aliphatic heterocycles. The fraction of sp³-hybridized carbons (Fsp3) is 0.571. The van der Waals surface area contributed by atoms with Gasteiger partial charge in [-0.3, -0.25) is 4.90 Å². The molecule has 0 aliphatic carbocycles.